The molecular weight excluding hydrogens is 208 g/mol. The number of hydrogen-bond donors (Lipinski definition) is 2. The van der Waals surface area contributed by atoms with Crippen LogP contribution < -0.4 is 0 Å². The second kappa shape index (κ2) is 5.32. The monoisotopic (exact) mass is 222 g/mol. The highest BCUT2D eigenvalue weighted by molar-refractivity contribution is 5.87. The number of esters is 1. The lowest BCUT2D eigenvalue weighted by Gasteiger charge is -2.12. The SMILES string of the molecule is C=C(C)C(=O)OC(O)Cc1ccccc1O. The molecule has 0 bridgehead atoms. The number of aliphatic hydroxyl groups excluding tert-OH is 1. The molecule has 0 fully saturated rings. The summed E-state index contributed by atoms with van der Waals surface area (Å²) in [5.41, 5.74) is 0.737. The molecule has 1 aromatic carbocycles. The minimum Gasteiger partial charge on any atom is -0.508 e. The second-order valence-electron chi connectivity index (χ2n) is 3.47. The maximum absolute atomic E-state index is 11.1. The van der Waals surface area contributed by atoms with Crippen LogP contribution in [0.15, 0.2) is 36.4 Å². The predicted octanol–water partition coefficient (Wildman–Crippen LogP) is 1.37. The Morgan fingerprint density at radius 1 is 1.50 bits per heavy atom. The van der Waals surface area contributed by atoms with Gasteiger partial charge in [-0.1, -0.05) is 24.8 Å². The number of carbonyl (C=O) groups excluding carboxylic acids is 1. The molecule has 1 unspecified atom stereocenters. The van der Waals surface area contributed by atoms with Crippen molar-refractivity contribution in [1.29, 1.82) is 0 Å². The summed E-state index contributed by atoms with van der Waals surface area (Å²) in [7, 11) is 0. The Morgan fingerprint density at radius 2 is 2.12 bits per heavy atom. The lowest BCUT2D eigenvalue weighted by Crippen LogP contribution is -2.20. The summed E-state index contributed by atoms with van der Waals surface area (Å²) in [5, 5.41) is 18.9. The van der Waals surface area contributed by atoms with Crippen molar-refractivity contribution in [2.45, 2.75) is 19.6 Å². The summed E-state index contributed by atoms with van der Waals surface area (Å²) >= 11 is 0. The van der Waals surface area contributed by atoms with Gasteiger partial charge in [0.1, 0.15) is 5.75 Å². The number of para-hydroxylation sites is 1. The Balaban J connectivity index is 2.58. The second-order valence-corrected chi connectivity index (χ2v) is 3.47. The molecule has 0 radical (unpaired) electrons. The van der Waals surface area contributed by atoms with Crippen molar-refractivity contribution in [1.82, 2.24) is 0 Å². The van der Waals surface area contributed by atoms with Gasteiger partial charge in [0, 0.05) is 17.6 Å². The lowest BCUT2D eigenvalue weighted by atomic mass is 10.1. The topological polar surface area (TPSA) is 66.8 Å². The van der Waals surface area contributed by atoms with Crippen molar-refractivity contribution in [2.24, 2.45) is 0 Å². The highest BCUT2D eigenvalue weighted by atomic mass is 16.6. The molecule has 4 nitrogen and oxygen atoms in total. The zero-order valence-electron chi connectivity index (χ0n) is 9.01. The number of aromatic hydroxyl groups is 1. The minimum absolute atomic E-state index is 0.0473. The number of phenolic OH excluding ortho intramolecular Hbond substituents is 1. The average molecular weight is 222 g/mol. The van der Waals surface area contributed by atoms with Gasteiger partial charge < -0.3 is 14.9 Å². The molecule has 86 valence electrons. The number of carbonyl (C=O) groups is 1. The van der Waals surface area contributed by atoms with E-state index in [1.807, 2.05) is 0 Å². The van der Waals surface area contributed by atoms with E-state index in [0.717, 1.165) is 0 Å². The average Bonchev–Trinajstić information content (AvgIpc) is 2.21. The molecule has 0 aromatic heterocycles. The highest BCUT2D eigenvalue weighted by Crippen LogP contribution is 2.17. The Bertz CT molecular complexity index is 398. The van der Waals surface area contributed by atoms with Crippen molar-refractivity contribution in [3.63, 3.8) is 0 Å². The van der Waals surface area contributed by atoms with Gasteiger partial charge in [-0.15, -0.1) is 0 Å². The van der Waals surface area contributed by atoms with Crippen LogP contribution in [0.5, 0.6) is 5.75 Å². The fourth-order valence-corrected chi connectivity index (χ4v) is 1.14. The van der Waals surface area contributed by atoms with Gasteiger partial charge in [-0.3, -0.25) is 0 Å². The maximum Gasteiger partial charge on any atom is 0.335 e. The first-order chi connectivity index (χ1) is 7.50. The zero-order valence-corrected chi connectivity index (χ0v) is 9.01. The Labute approximate surface area is 93.8 Å². The molecule has 1 aromatic rings. The van der Waals surface area contributed by atoms with Gasteiger partial charge in [-0.25, -0.2) is 4.79 Å². The maximum atomic E-state index is 11.1. The molecule has 0 saturated heterocycles. The van der Waals surface area contributed by atoms with Gasteiger partial charge in [0.2, 0.25) is 6.29 Å². The number of hydrogen-bond acceptors (Lipinski definition) is 4. The lowest BCUT2D eigenvalue weighted by molar-refractivity contribution is -0.162. The number of aliphatic hydroxyl groups is 1. The molecule has 16 heavy (non-hydrogen) atoms. The molecule has 0 saturated carbocycles. The standard InChI is InChI=1S/C12H14O4/c1-8(2)12(15)16-11(14)7-9-5-3-4-6-10(9)13/h3-6,11,13-14H,1,7H2,2H3. The molecule has 1 rings (SSSR count). The van der Waals surface area contributed by atoms with Crippen molar-refractivity contribution >= 4 is 5.97 Å². The molecule has 0 aliphatic carbocycles. The van der Waals surface area contributed by atoms with Crippen LogP contribution in [-0.4, -0.2) is 22.5 Å². The third kappa shape index (κ3) is 3.40. The van der Waals surface area contributed by atoms with E-state index in [-0.39, 0.29) is 17.7 Å². The van der Waals surface area contributed by atoms with Gasteiger partial charge in [-0.2, -0.15) is 0 Å². The first-order valence-corrected chi connectivity index (χ1v) is 4.82. The largest absolute Gasteiger partial charge is 0.508 e. The summed E-state index contributed by atoms with van der Waals surface area (Å²) in [6, 6.07) is 6.54. The molecular formula is C12H14O4. The third-order valence-electron chi connectivity index (χ3n) is 1.98. The van der Waals surface area contributed by atoms with E-state index >= 15 is 0 Å². The van der Waals surface area contributed by atoms with Crippen molar-refractivity contribution in [3.8, 4) is 5.75 Å². The van der Waals surface area contributed by atoms with Crippen LogP contribution in [0.2, 0.25) is 0 Å². The van der Waals surface area contributed by atoms with Gasteiger partial charge >= 0.3 is 5.97 Å². The quantitative estimate of drug-likeness (QED) is 0.458. The first-order valence-electron chi connectivity index (χ1n) is 4.82. The van der Waals surface area contributed by atoms with Gasteiger partial charge in [-0.05, 0) is 13.0 Å². The summed E-state index contributed by atoms with van der Waals surface area (Å²) in [5.74, 6) is -0.587. The summed E-state index contributed by atoms with van der Waals surface area (Å²) in [6.45, 7) is 4.89. The van der Waals surface area contributed by atoms with E-state index < -0.39 is 12.3 Å². The van der Waals surface area contributed by atoms with E-state index in [1.165, 1.54) is 13.0 Å². The summed E-state index contributed by atoms with van der Waals surface area (Å²) in [6.07, 6.45) is -1.23. The molecule has 2 N–H and O–H groups in total. The Morgan fingerprint density at radius 3 is 2.69 bits per heavy atom. The Kier molecular flexibility index (Phi) is 4.08. The number of benzene rings is 1. The molecule has 1 atom stereocenters. The zero-order chi connectivity index (χ0) is 12.1. The Hall–Kier alpha value is -1.81. The fourth-order valence-electron chi connectivity index (χ4n) is 1.14. The van der Waals surface area contributed by atoms with Crippen molar-refractivity contribution in [2.75, 3.05) is 0 Å². The number of phenols is 1. The van der Waals surface area contributed by atoms with Crippen LogP contribution in [-0.2, 0) is 16.0 Å². The van der Waals surface area contributed by atoms with Gasteiger partial charge in [0.05, 0.1) is 0 Å². The summed E-state index contributed by atoms with van der Waals surface area (Å²) < 4.78 is 4.68. The van der Waals surface area contributed by atoms with Gasteiger partial charge in [0.25, 0.3) is 0 Å². The molecule has 0 aliphatic heterocycles. The van der Waals surface area contributed by atoms with E-state index in [2.05, 4.69) is 11.3 Å². The summed E-state index contributed by atoms with van der Waals surface area (Å²) in [4.78, 5) is 11.1. The van der Waals surface area contributed by atoms with Crippen LogP contribution in [0, 0.1) is 0 Å². The van der Waals surface area contributed by atoms with E-state index in [4.69, 9.17) is 0 Å². The smallest absolute Gasteiger partial charge is 0.335 e. The molecule has 0 heterocycles. The first kappa shape index (κ1) is 12.3. The van der Waals surface area contributed by atoms with Crippen molar-refractivity contribution < 1.29 is 19.7 Å². The molecule has 4 heteroatoms. The van der Waals surface area contributed by atoms with Crippen molar-refractivity contribution in [3.05, 3.63) is 42.0 Å². The van der Waals surface area contributed by atoms with E-state index in [9.17, 15) is 15.0 Å². The number of rotatable bonds is 4. The molecule has 0 spiro atoms. The van der Waals surface area contributed by atoms with Crippen LogP contribution in [0.1, 0.15) is 12.5 Å². The normalized spacial score (nSPS) is 11.9. The fraction of sp³-hybridized carbons (Fsp3) is 0.250. The highest BCUT2D eigenvalue weighted by Gasteiger charge is 2.13. The predicted molar refractivity (Wildman–Crippen MR) is 58.7 cm³/mol. The van der Waals surface area contributed by atoms with E-state index in [0.29, 0.717) is 5.56 Å². The van der Waals surface area contributed by atoms with Crippen LogP contribution >= 0.6 is 0 Å². The molecule has 0 aliphatic rings. The molecule has 0 amide bonds. The van der Waals surface area contributed by atoms with Crippen LogP contribution in [0.25, 0.3) is 0 Å². The van der Waals surface area contributed by atoms with E-state index in [1.54, 1.807) is 18.2 Å². The van der Waals surface area contributed by atoms with Crippen LogP contribution in [0.4, 0.5) is 0 Å². The third-order valence-corrected chi connectivity index (χ3v) is 1.98. The minimum atomic E-state index is -1.28. The van der Waals surface area contributed by atoms with Gasteiger partial charge in [0.15, 0.2) is 0 Å². The number of ether oxygens (including phenoxy) is 1. The van der Waals surface area contributed by atoms with Crippen LogP contribution in [0.3, 0.4) is 0 Å².